The third-order valence-electron chi connectivity index (χ3n) is 1.33. The largest absolute Gasteiger partial charge is 0.337 e. The summed E-state index contributed by atoms with van der Waals surface area (Å²) in [7, 11) is 0. The van der Waals surface area contributed by atoms with Crippen LogP contribution in [0, 0.1) is 0 Å². The molecule has 0 saturated heterocycles. The molecule has 0 aliphatic carbocycles. The Bertz CT molecular complexity index is 156. The van der Waals surface area contributed by atoms with Crippen LogP contribution in [0.3, 0.4) is 0 Å². The molecule has 0 bridgehead atoms. The molecule has 0 unspecified atom stereocenters. The van der Waals surface area contributed by atoms with E-state index >= 15 is 0 Å². The van der Waals surface area contributed by atoms with Gasteiger partial charge in [-0.1, -0.05) is 33.6 Å². The summed E-state index contributed by atoms with van der Waals surface area (Å²) in [5.74, 6) is 0. The van der Waals surface area contributed by atoms with Crippen molar-refractivity contribution in [2.45, 2.75) is 46.6 Å². The maximum absolute atomic E-state index is 3.94. The van der Waals surface area contributed by atoms with E-state index in [1.54, 1.807) is 0 Å². The van der Waals surface area contributed by atoms with Gasteiger partial charge in [-0.25, -0.2) is 4.98 Å². The van der Waals surface area contributed by atoms with Gasteiger partial charge in [-0.05, 0) is 6.42 Å². The first-order chi connectivity index (χ1) is 5.85. The Hall–Kier alpha value is -0.790. The zero-order chi connectivity index (χ0) is 9.23. The molecule has 2 nitrogen and oxygen atoms in total. The summed E-state index contributed by atoms with van der Waals surface area (Å²) in [6, 6.07) is 0. The van der Waals surface area contributed by atoms with Crippen molar-refractivity contribution < 1.29 is 0 Å². The normalized spacial score (nSPS) is 8.92. The first-order valence-corrected chi connectivity index (χ1v) is 4.80. The number of hydrogen-bond acceptors (Lipinski definition) is 1. The highest BCUT2D eigenvalue weighted by molar-refractivity contribution is 4.73. The van der Waals surface area contributed by atoms with Crippen LogP contribution in [0.25, 0.3) is 0 Å². The molecule has 0 aliphatic rings. The molecular formula is C10H20N2. The second-order valence-electron chi connectivity index (χ2n) is 2.86. The van der Waals surface area contributed by atoms with Crippen molar-refractivity contribution in [1.29, 1.82) is 0 Å². The van der Waals surface area contributed by atoms with Crippen LogP contribution in [0.4, 0.5) is 0 Å². The molecule has 12 heavy (non-hydrogen) atoms. The Morgan fingerprint density at radius 1 is 1.25 bits per heavy atom. The summed E-state index contributed by atoms with van der Waals surface area (Å²) < 4.78 is 2.10. The summed E-state index contributed by atoms with van der Waals surface area (Å²) in [4.78, 5) is 3.94. The Balaban J connectivity index is 0.000000354. The smallest absolute Gasteiger partial charge is 0.0945 e. The second-order valence-corrected chi connectivity index (χ2v) is 2.86. The standard InChI is InChI=1S/C7H12N2.C3H8/c1-2-3-5-9-6-4-8-7-9;1-3-2/h4,6-7H,2-3,5H2,1H3;3H2,1-2H3. The fourth-order valence-corrected chi connectivity index (χ4v) is 0.760. The number of aryl methyl sites for hydroxylation is 1. The molecule has 1 heterocycles. The van der Waals surface area contributed by atoms with E-state index in [2.05, 4.69) is 30.3 Å². The molecule has 70 valence electrons. The summed E-state index contributed by atoms with van der Waals surface area (Å²) in [5, 5.41) is 0. The molecule has 2 heteroatoms. The molecular weight excluding hydrogens is 148 g/mol. The number of hydrogen-bond donors (Lipinski definition) is 0. The molecule has 0 aromatic carbocycles. The molecule has 0 N–H and O–H groups in total. The van der Waals surface area contributed by atoms with Crippen LogP contribution in [0.1, 0.15) is 40.0 Å². The first kappa shape index (κ1) is 11.2. The van der Waals surface area contributed by atoms with Crippen molar-refractivity contribution in [3.8, 4) is 0 Å². The second kappa shape index (κ2) is 8.31. The lowest BCUT2D eigenvalue weighted by Crippen LogP contribution is -1.92. The Labute approximate surface area is 75.6 Å². The maximum Gasteiger partial charge on any atom is 0.0945 e. The van der Waals surface area contributed by atoms with Gasteiger partial charge in [0.15, 0.2) is 0 Å². The first-order valence-electron chi connectivity index (χ1n) is 4.80. The van der Waals surface area contributed by atoms with E-state index in [1.165, 1.54) is 19.3 Å². The summed E-state index contributed by atoms with van der Waals surface area (Å²) in [5.41, 5.74) is 0. The minimum absolute atomic E-state index is 1.11. The number of imidazole rings is 1. The summed E-state index contributed by atoms with van der Waals surface area (Å²) in [6.07, 6.45) is 9.41. The van der Waals surface area contributed by atoms with E-state index < -0.39 is 0 Å². The third-order valence-corrected chi connectivity index (χ3v) is 1.33. The van der Waals surface area contributed by atoms with Crippen LogP contribution in [0.15, 0.2) is 18.7 Å². The topological polar surface area (TPSA) is 17.8 Å². The van der Waals surface area contributed by atoms with E-state index in [9.17, 15) is 0 Å². The van der Waals surface area contributed by atoms with Crippen molar-refractivity contribution in [2.24, 2.45) is 0 Å². The number of unbranched alkanes of at least 4 members (excludes halogenated alkanes) is 1. The van der Waals surface area contributed by atoms with Crippen LogP contribution in [0.5, 0.6) is 0 Å². The van der Waals surface area contributed by atoms with E-state index in [0.717, 1.165) is 6.54 Å². The van der Waals surface area contributed by atoms with E-state index in [4.69, 9.17) is 0 Å². The zero-order valence-corrected chi connectivity index (χ0v) is 8.45. The van der Waals surface area contributed by atoms with E-state index in [-0.39, 0.29) is 0 Å². The quantitative estimate of drug-likeness (QED) is 0.678. The number of nitrogens with zero attached hydrogens (tertiary/aromatic N) is 2. The highest BCUT2D eigenvalue weighted by atomic mass is 15.0. The minimum atomic E-state index is 1.11. The number of rotatable bonds is 3. The van der Waals surface area contributed by atoms with Crippen LogP contribution in [-0.2, 0) is 6.54 Å². The lowest BCUT2D eigenvalue weighted by molar-refractivity contribution is 0.631. The molecule has 1 rings (SSSR count). The van der Waals surface area contributed by atoms with Crippen molar-refractivity contribution in [2.75, 3.05) is 0 Å². The van der Waals surface area contributed by atoms with Gasteiger partial charge in [0.25, 0.3) is 0 Å². The molecule has 1 aromatic rings. The molecule has 0 spiro atoms. The predicted molar refractivity (Wildman–Crippen MR) is 53.1 cm³/mol. The third kappa shape index (κ3) is 5.96. The van der Waals surface area contributed by atoms with Crippen molar-refractivity contribution >= 4 is 0 Å². The van der Waals surface area contributed by atoms with Crippen LogP contribution < -0.4 is 0 Å². The molecule has 0 aliphatic heterocycles. The predicted octanol–water partition coefficient (Wildman–Crippen LogP) is 3.10. The Kier molecular flexibility index (Phi) is 7.76. The van der Waals surface area contributed by atoms with Crippen LogP contribution >= 0.6 is 0 Å². The SMILES string of the molecule is CCC.CCCCn1ccnc1. The average Bonchev–Trinajstić information content (AvgIpc) is 2.54. The van der Waals surface area contributed by atoms with Gasteiger partial charge in [0.1, 0.15) is 0 Å². The molecule has 0 fully saturated rings. The van der Waals surface area contributed by atoms with Gasteiger partial charge in [0, 0.05) is 18.9 Å². The van der Waals surface area contributed by atoms with Crippen LogP contribution in [-0.4, -0.2) is 9.55 Å². The van der Waals surface area contributed by atoms with Crippen molar-refractivity contribution in [1.82, 2.24) is 9.55 Å². The van der Waals surface area contributed by atoms with Gasteiger partial charge in [-0.3, -0.25) is 0 Å². The molecule has 0 saturated carbocycles. The highest BCUT2D eigenvalue weighted by Gasteiger charge is 1.85. The lowest BCUT2D eigenvalue weighted by atomic mass is 10.3. The zero-order valence-electron chi connectivity index (χ0n) is 8.45. The molecule has 0 amide bonds. The fourth-order valence-electron chi connectivity index (χ4n) is 0.760. The van der Waals surface area contributed by atoms with Gasteiger partial charge < -0.3 is 4.57 Å². The average molecular weight is 168 g/mol. The Morgan fingerprint density at radius 2 is 1.92 bits per heavy atom. The Morgan fingerprint density at radius 3 is 2.33 bits per heavy atom. The summed E-state index contributed by atoms with van der Waals surface area (Å²) in [6.45, 7) is 7.55. The van der Waals surface area contributed by atoms with Gasteiger partial charge in [0.2, 0.25) is 0 Å². The molecule has 1 aromatic heterocycles. The monoisotopic (exact) mass is 168 g/mol. The number of aromatic nitrogens is 2. The minimum Gasteiger partial charge on any atom is -0.337 e. The van der Waals surface area contributed by atoms with Crippen molar-refractivity contribution in [3.63, 3.8) is 0 Å². The van der Waals surface area contributed by atoms with Gasteiger partial charge in [-0.15, -0.1) is 0 Å². The van der Waals surface area contributed by atoms with Crippen LogP contribution in [0.2, 0.25) is 0 Å². The fraction of sp³-hybridized carbons (Fsp3) is 0.700. The van der Waals surface area contributed by atoms with E-state index in [0.29, 0.717) is 0 Å². The van der Waals surface area contributed by atoms with Gasteiger partial charge in [-0.2, -0.15) is 0 Å². The summed E-state index contributed by atoms with van der Waals surface area (Å²) >= 11 is 0. The van der Waals surface area contributed by atoms with Crippen molar-refractivity contribution in [3.05, 3.63) is 18.7 Å². The molecule has 0 atom stereocenters. The maximum atomic E-state index is 3.94. The lowest BCUT2D eigenvalue weighted by Gasteiger charge is -1.96. The molecule has 0 radical (unpaired) electrons. The highest BCUT2D eigenvalue weighted by Crippen LogP contribution is 1.92. The van der Waals surface area contributed by atoms with Gasteiger partial charge >= 0.3 is 0 Å². The van der Waals surface area contributed by atoms with E-state index in [1.807, 2.05) is 18.7 Å². The van der Waals surface area contributed by atoms with Gasteiger partial charge in [0.05, 0.1) is 6.33 Å².